The zero-order valence-corrected chi connectivity index (χ0v) is 79.1. The maximum absolute atomic E-state index is 2.49. The van der Waals surface area contributed by atoms with Crippen molar-refractivity contribution in [2.75, 3.05) is 34.5 Å². The summed E-state index contributed by atoms with van der Waals surface area (Å²) < 4.78 is 25.4. The van der Waals surface area contributed by atoms with Gasteiger partial charge in [-0.1, -0.05) is 348 Å². The Morgan fingerprint density at radius 2 is 0.406 bits per heavy atom. The van der Waals surface area contributed by atoms with Gasteiger partial charge in [0, 0.05) is 83.6 Å². The van der Waals surface area contributed by atoms with Gasteiger partial charge in [-0.05, 0) is 151 Å². The molecule has 0 radical (unpaired) electrons. The number of fused-ring (bicyclic) bond motifs is 3. The summed E-state index contributed by atoms with van der Waals surface area (Å²) in [7, 11) is 0. The van der Waals surface area contributed by atoms with Crippen molar-refractivity contribution >= 4 is 235 Å². The van der Waals surface area contributed by atoms with Gasteiger partial charge in [0.25, 0.3) is 0 Å². The predicted octanol–water partition coefficient (Wildman–Crippen LogP) is 32.1. The topological polar surface area (TPSA) is 14.8 Å². The summed E-state index contributed by atoms with van der Waals surface area (Å²) in [6, 6.07) is 14.9. The fourth-order valence-electron chi connectivity index (χ4n) is 13.9. The van der Waals surface area contributed by atoms with Gasteiger partial charge in [0.1, 0.15) is 0 Å². The predicted molar refractivity (Wildman–Crippen MR) is 513 cm³/mol. The van der Waals surface area contributed by atoms with Crippen LogP contribution in [0.3, 0.4) is 0 Å². The highest BCUT2D eigenvalue weighted by Gasteiger charge is 2.37. The Bertz CT molecular complexity index is 3590. The number of nitrogens with zero attached hydrogens (tertiary/aromatic N) is 3. The zero-order valence-electron chi connectivity index (χ0n) is 64.4. The normalized spacial score (nSPS) is 15.8. The zero-order chi connectivity index (χ0) is 74.1. The molecule has 0 fully saturated rings. The van der Waals surface area contributed by atoms with Crippen LogP contribution < -0.4 is 16.4 Å². The van der Waals surface area contributed by atoms with E-state index >= 15 is 0 Å². The van der Waals surface area contributed by atoms with E-state index in [1.165, 1.54) is 310 Å². The molecule has 0 saturated heterocycles. The summed E-state index contributed by atoms with van der Waals surface area (Å²) >= 11 is 37.0. The number of hydrogen-bond donors (Lipinski definition) is 0. The molecule has 0 atom stereocenters. The second-order valence-electron chi connectivity index (χ2n) is 28.2. The Morgan fingerprint density at radius 1 is 0.236 bits per heavy atom. The minimum Gasteiger partial charge on any atom is -0.322 e. The Labute approximate surface area is 716 Å². The highest BCUT2D eigenvalue weighted by atomic mass is 32.3. The lowest BCUT2D eigenvalue weighted by Gasteiger charge is -2.28. The third-order valence-corrected chi connectivity index (χ3v) is 45.6. The summed E-state index contributed by atoms with van der Waals surface area (Å²) in [5.41, 5.74) is 16.0. The first-order valence-corrected chi connectivity index (χ1v) is 54.8. The molecule has 0 N–H and O–H groups in total. The van der Waals surface area contributed by atoms with Crippen LogP contribution in [-0.4, -0.2) is 54.9 Å². The number of thioether (sulfide) groups is 18. The summed E-state index contributed by atoms with van der Waals surface area (Å²) in [6.07, 6.45) is 46.2. The number of unbranched alkanes of at least 4 members (excludes halogenated alkanes) is 18. The Morgan fingerprint density at radius 3 is 0.575 bits per heavy atom. The number of benzene rings is 3. The van der Waals surface area contributed by atoms with Crippen LogP contribution in [0.4, 0.5) is 0 Å². The molecule has 570 valence electrons. The van der Waals surface area contributed by atoms with Crippen molar-refractivity contribution in [2.24, 2.45) is 0 Å². The largest absolute Gasteiger partial charge is 0.322 e. The van der Waals surface area contributed by atoms with Gasteiger partial charge in [-0.3, -0.25) is 0 Å². The Balaban J connectivity index is 0.812. The molecule has 0 aliphatic carbocycles. The molecule has 6 aromatic rings. The molecule has 3 nitrogen and oxygen atoms in total. The van der Waals surface area contributed by atoms with Crippen LogP contribution in [0, 0.1) is 41.5 Å². The maximum atomic E-state index is 2.49. The first-order chi connectivity index (χ1) is 51.8. The van der Waals surface area contributed by atoms with Gasteiger partial charge in [-0.2, -0.15) is 0 Å². The van der Waals surface area contributed by atoms with Crippen LogP contribution in [0.15, 0.2) is 154 Å². The maximum Gasteiger partial charge on any atom is 0.243 e. The van der Waals surface area contributed by atoms with Crippen LogP contribution in [0.2, 0.25) is 0 Å². The monoisotopic (exact) mass is 1750 g/mol. The smallest absolute Gasteiger partial charge is 0.243 e. The van der Waals surface area contributed by atoms with Crippen LogP contribution in [0.5, 0.6) is 0 Å². The van der Waals surface area contributed by atoms with E-state index in [-0.39, 0.29) is 6.71 Å². The van der Waals surface area contributed by atoms with Crippen LogP contribution in [0.1, 0.15) is 229 Å². The molecule has 0 saturated carbocycles. The fraction of sp³-hybridized carbons (Fsp3) is 0.500. The molecule has 0 unspecified atom stereocenters. The second kappa shape index (κ2) is 43.5. The van der Waals surface area contributed by atoms with Crippen molar-refractivity contribution in [2.45, 2.75) is 267 Å². The van der Waals surface area contributed by atoms with Crippen molar-refractivity contribution in [1.29, 1.82) is 0 Å². The molecule has 0 spiro atoms. The quantitative estimate of drug-likeness (QED) is 0.0267. The fourth-order valence-corrected chi connectivity index (χ4v) is 40.3. The van der Waals surface area contributed by atoms with Gasteiger partial charge in [-0.15, -0.1) is 70.6 Å². The van der Waals surface area contributed by atoms with Gasteiger partial charge in [0.05, 0.1) is 50.8 Å². The lowest BCUT2D eigenvalue weighted by atomic mass is 9.33. The average Bonchev–Trinajstić information content (AvgIpc) is 0.796. The SMILES string of the molecule is CCCCCCSC1=C(SCCCCCC)SC(=C2Sc3cn(-c4cc(C)c(B(c5c(C)cc(-n6cc7c(c6)SC(=C6SC(SCCCCCC)=C(SCCCCCC)S6)S7)cc5C)c5c(C)cc(-n6cc7c(c6)SC(=C6SC(SCCCCCC)=C(SCCCCCC)S6)S7)cc5C)c(C)c4)cc3S2)S1. The van der Waals surface area contributed by atoms with E-state index in [4.69, 9.17) is 0 Å². The van der Waals surface area contributed by atoms with E-state index in [0.29, 0.717) is 0 Å². The number of rotatable bonds is 42. The van der Waals surface area contributed by atoms with E-state index in [0.717, 1.165) is 0 Å². The van der Waals surface area contributed by atoms with E-state index in [1.54, 1.807) is 25.4 Å². The van der Waals surface area contributed by atoms with Gasteiger partial charge in [0.15, 0.2) is 0 Å². The van der Waals surface area contributed by atoms with Crippen LogP contribution >= 0.6 is 212 Å². The summed E-state index contributed by atoms with van der Waals surface area (Å²) in [5, 5.41) is 0. The molecule has 9 heterocycles. The van der Waals surface area contributed by atoms with Gasteiger partial charge >= 0.3 is 0 Å². The molecule has 22 heteroatoms. The Hall–Kier alpha value is 0.305. The molecule has 3 aromatic carbocycles. The molecular formula is C84H108BN3S18. The number of aromatic nitrogens is 3. The lowest BCUT2D eigenvalue weighted by Crippen LogP contribution is -2.57. The highest BCUT2D eigenvalue weighted by Crippen LogP contribution is 2.68. The molecule has 0 bridgehead atoms. The number of aryl methyl sites for hydroxylation is 6. The third kappa shape index (κ3) is 22.5. The molecule has 12 rings (SSSR count). The molecule has 6 aliphatic rings. The first-order valence-electron chi connectivity index (χ1n) is 39.1. The van der Waals surface area contributed by atoms with Crippen molar-refractivity contribution < 1.29 is 0 Å². The third-order valence-electron chi connectivity index (χ3n) is 19.5. The minimum atomic E-state index is 0.0217. The van der Waals surface area contributed by atoms with Gasteiger partial charge in [-0.25, -0.2) is 0 Å². The summed E-state index contributed by atoms with van der Waals surface area (Å²) in [4.78, 5) is 8.24. The highest BCUT2D eigenvalue weighted by molar-refractivity contribution is 8.44. The van der Waals surface area contributed by atoms with Gasteiger partial charge in [0.2, 0.25) is 6.71 Å². The molecule has 6 aliphatic heterocycles. The van der Waals surface area contributed by atoms with Crippen LogP contribution in [-0.2, 0) is 0 Å². The summed E-state index contributed by atoms with van der Waals surface area (Å²) in [5.74, 6) is 7.34. The van der Waals surface area contributed by atoms with Crippen molar-refractivity contribution in [3.05, 3.63) is 158 Å². The van der Waals surface area contributed by atoms with E-state index < -0.39 is 0 Å². The van der Waals surface area contributed by atoms with E-state index in [9.17, 15) is 0 Å². The first kappa shape index (κ1) is 85.7. The van der Waals surface area contributed by atoms with Crippen molar-refractivity contribution in [3.63, 3.8) is 0 Å². The van der Waals surface area contributed by atoms with E-state index in [1.807, 2.05) is 70.6 Å². The molecular weight excluding hydrogens is 1640 g/mol. The van der Waals surface area contributed by atoms with Crippen molar-refractivity contribution in [3.8, 4) is 17.1 Å². The van der Waals surface area contributed by atoms with Gasteiger partial charge < -0.3 is 13.7 Å². The summed E-state index contributed by atoms with van der Waals surface area (Å²) in [6.45, 7) is 28.3. The van der Waals surface area contributed by atoms with Crippen LogP contribution in [0.25, 0.3) is 17.1 Å². The molecule has 106 heavy (non-hydrogen) atoms. The standard InChI is InChI=1S/C84H108BN3S18/c1-13-19-25-31-37-89-73-74(90-38-32-26-20-14-2)102-82(101-73)79-95-64-49-86(50-65(64)96-79)61-43-55(7)70(56(8)44-61)85(71-57(9)45-62(46-58(71)10)87-51-66-67(52-87)98-80(97-66)83-103-75(91-39-33-27-21-15-3)76(104-83)92-40-34-28-22-16-4)72-59(11)47-63(48-60(72)12)88-53-68-69(54-88)100-81(99-68)84-105-77(93-41-35-29-23-17-5)78(106-84)94-42-36-30-24-18-6/h43-54H,13-42H2,1-12H3. The van der Waals surface area contributed by atoms with Crippen molar-refractivity contribution in [1.82, 2.24) is 13.7 Å². The number of hydrogen-bond acceptors (Lipinski definition) is 18. The lowest BCUT2D eigenvalue weighted by molar-refractivity contribution is 0.707. The minimum absolute atomic E-state index is 0.0217. The van der Waals surface area contributed by atoms with E-state index in [2.05, 4.69) is 312 Å². The molecule has 0 amide bonds. The second-order valence-corrected chi connectivity index (χ2v) is 50.4. The average molecular weight is 1750 g/mol. The molecule has 3 aromatic heterocycles. The Kier molecular flexibility index (Phi) is 35.1.